The zero-order chi connectivity index (χ0) is 22.9. The number of benzene rings is 1. The molecule has 7 nitrogen and oxygen atoms in total. The number of hydrogen-bond acceptors (Lipinski definition) is 4. The standard InChI is InChI=1S/C26H29N5O2/c1-16-4-5-19(8-24(16)28-13-20-9-21(20)14-28)12-30-18(3)11-31-23(26(30)33)7-6-22(25(31)32)29-10-17(2)27-15-29/h4-8,10,15,18,20-21H,9,11-14H2,1-3H3/t18-,20-,21+/m1/s1. The van der Waals surface area contributed by atoms with E-state index in [0.29, 0.717) is 24.5 Å². The van der Waals surface area contributed by atoms with E-state index in [1.807, 2.05) is 24.9 Å². The molecule has 4 heterocycles. The highest BCUT2D eigenvalue weighted by molar-refractivity contribution is 5.93. The summed E-state index contributed by atoms with van der Waals surface area (Å²) in [5.74, 6) is 1.66. The Morgan fingerprint density at radius 2 is 1.79 bits per heavy atom. The molecule has 1 amide bonds. The highest BCUT2D eigenvalue weighted by Gasteiger charge is 2.45. The fraction of sp³-hybridized carbons (Fsp3) is 0.423. The Kier molecular flexibility index (Phi) is 4.50. The molecule has 0 spiro atoms. The van der Waals surface area contributed by atoms with Gasteiger partial charge >= 0.3 is 0 Å². The molecule has 33 heavy (non-hydrogen) atoms. The monoisotopic (exact) mass is 443 g/mol. The number of aryl methyl sites for hydroxylation is 2. The number of aromatic nitrogens is 3. The number of piperidine rings is 1. The van der Waals surface area contributed by atoms with E-state index in [0.717, 1.165) is 36.2 Å². The van der Waals surface area contributed by atoms with Gasteiger partial charge in [0, 0.05) is 44.1 Å². The van der Waals surface area contributed by atoms with Crippen LogP contribution in [-0.4, -0.2) is 44.1 Å². The number of imidazole rings is 1. The van der Waals surface area contributed by atoms with Gasteiger partial charge in [-0.25, -0.2) is 4.98 Å². The van der Waals surface area contributed by atoms with Crippen LogP contribution < -0.4 is 10.5 Å². The third kappa shape index (κ3) is 3.37. The van der Waals surface area contributed by atoms with E-state index >= 15 is 0 Å². The molecule has 1 aromatic carbocycles. The lowest BCUT2D eigenvalue weighted by Crippen LogP contribution is -2.49. The number of pyridine rings is 1. The topological polar surface area (TPSA) is 63.4 Å². The van der Waals surface area contributed by atoms with E-state index in [-0.39, 0.29) is 17.5 Å². The van der Waals surface area contributed by atoms with Crippen molar-refractivity contribution in [2.45, 2.75) is 46.3 Å². The van der Waals surface area contributed by atoms with E-state index in [9.17, 15) is 9.59 Å². The van der Waals surface area contributed by atoms with Crippen LogP contribution in [0.25, 0.3) is 5.69 Å². The summed E-state index contributed by atoms with van der Waals surface area (Å²) in [5, 5.41) is 0. The van der Waals surface area contributed by atoms with Crippen molar-refractivity contribution in [1.82, 2.24) is 19.0 Å². The molecule has 7 heteroatoms. The summed E-state index contributed by atoms with van der Waals surface area (Å²) < 4.78 is 3.34. The number of fused-ring (bicyclic) bond motifs is 2. The van der Waals surface area contributed by atoms with Crippen molar-refractivity contribution in [3.63, 3.8) is 0 Å². The first-order valence-corrected chi connectivity index (χ1v) is 11.8. The summed E-state index contributed by atoms with van der Waals surface area (Å²) in [4.78, 5) is 35.2. The normalized spacial score (nSPS) is 23.6. The lowest BCUT2D eigenvalue weighted by molar-refractivity contribution is 0.0590. The van der Waals surface area contributed by atoms with E-state index in [1.165, 1.54) is 17.7 Å². The molecule has 2 aliphatic heterocycles. The third-order valence-electron chi connectivity index (χ3n) is 7.55. The van der Waals surface area contributed by atoms with Gasteiger partial charge in [-0.3, -0.25) is 9.59 Å². The molecule has 2 fully saturated rings. The molecule has 3 aromatic rings. The largest absolute Gasteiger partial charge is 0.371 e. The number of amides is 1. The lowest BCUT2D eigenvalue weighted by atomic mass is 10.1. The second-order valence-electron chi connectivity index (χ2n) is 10.0. The number of hydrogen-bond donors (Lipinski definition) is 0. The van der Waals surface area contributed by atoms with Crippen molar-refractivity contribution >= 4 is 11.6 Å². The number of rotatable bonds is 4. The number of nitrogens with zero attached hydrogens (tertiary/aromatic N) is 5. The Labute approximate surface area is 193 Å². The Bertz CT molecular complexity index is 1310. The van der Waals surface area contributed by atoms with Crippen molar-refractivity contribution in [3.05, 3.63) is 75.7 Å². The second kappa shape index (κ2) is 7.33. The summed E-state index contributed by atoms with van der Waals surface area (Å²) in [7, 11) is 0. The third-order valence-corrected chi connectivity index (χ3v) is 7.55. The molecule has 170 valence electrons. The zero-order valence-corrected chi connectivity index (χ0v) is 19.4. The van der Waals surface area contributed by atoms with E-state index < -0.39 is 0 Å². The van der Waals surface area contributed by atoms with Crippen LogP contribution in [0.3, 0.4) is 0 Å². The Hall–Kier alpha value is -3.35. The summed E-state index contributed by atoms with van der Waals surface area (Å²) in [6.45, 7) is 9.41. The number of carbonyl (C=O) groups is 1. The summed E-state index contributed by atoms with van der Waals surface area (Å²) in [6, 6.07) is 9.97. The van der Waals surface area contributed by atoms with E-state index in [4.69, 9.17) is 0 Å². The molecule has 0 radical (unpaired) electrons. The fourth-order valence-electron chi connectivity index (χ4n) is 5.51. The quantitative estimate of drug-likeness (QED) is 0.622. The maximum Gasteiger partial charge on any atom is 0.275 e. The van der Waals surface area contributed by atoms with Crippen LogP contribution in [0, 0.1) is 25.7 Å². The van der Waals surface area contributed by atoms with Gasteiger partial charge < -0.3 is 18.9 Å². The predicted molar refractivity (Wildman–Crippen MR) is 127 cm³/mol. The van der Waals surface area contributed by atoms with Gasteiger partial charge in [0.2, 0.25) is 0 Å². The summed E-state index contributed by atoms with van der Waals surface area (Å²) in [5.41, 5.74) is 5.38. The average Bonchev–Trinajstić information content (AvgIpc) is 3.17. The van der Waals surface area contributed by atoms with Crippen LogP contribution in [0.5, 0.6) is 0 Å². The number of anilines is 1. The van der Waals surface area contributed by atoms with Gasteiger partial charge in [-0.1, -0.05) is 12.1 Å². The molecule has 1 saturated carbocycles. The zero-order valence-electron chi connectivity index (χ0n) is 19.4. The van der Waals surface area contributed by atoms with Gasteiger partial charge in [-0.05, 0) is 68.4 Å². The Morgan fingerprint density at radius 3 is 2.52 bits per heavy atom. The Balaban J connectivity index is 1.28. The minimum absolute atomic E-state index is 0.0772. The van der Waals surface area contributed by atoms with Crippen molar-refractivity contribution in [2.24, 2.45) is 11.8 Å². The SMILES string of the molecule is Cc1cn(-c2ccc3n(c2=O)C[C@@H](C)N(Cc2ccc(C)c(N4C[C@H]5C[C@H]5C4)c2)C3=O)cn1. The lowest BCUT2D eigenvalue weighted by Gasteiger charge is -2.36. The molecule has 1 aliphatic carbocycles. The minimum Gasteiger partial charge on any atom is -0.371 e. The highest BCUT2D eigenvalue weighted by Crippen LogP contribution is 2.46. The summed E-state index contributed by atoms with van der Waals surface area (Å²) in [6.07, 6.45) is 4.84. The fourth-order valence-corrected chi connectivity index (χ4v) is 5.51. The van der Waals surface area contributed by atoms with Crippen molar-refractivity contribution in [2.75, 3.05) is 18.0 Å². The van der Waals surface area contributed by atoms with Crippen LogP contribution in [0.4, 0.5) is 5.69 Å². The predicted octanol–water partition coefficient (Wildman–Crippen LogP) is 3.15. The van der Waals surface area contributed by atoms with Crippen molar-refractivity contribution in [3.8, 4) is 5.69 Å². The number of carbonyl (C=O) groups excluding carboxylic acids is 1. The van der Waals surface area contributed by atoms with Crippen LogP contribution in [0.1, 0.15) is 40.7 Å². The minimum atomic E-state index is -0.157. The maximum absolute atomic E-state index is 13.4. The van der Waals surface area contributed by atoms with Crippen LogP contribution in [-0.2, 0) is 13.1 Å². The highest BCUT2D eigenvalue weighted by atomic mass is 16.2. The molecule has 1 saturated heterocycles. The van der Waals surface area contributed by atoms with Gasteiger partial charge in [0.05, 0.1) is 12.0 Å². The molecule has 6 rings (SSSR count). The van der Waals surface area contributed by atoms with Gasteiger partial charge in [-0.15, -0.1) is 0 Å². The van der Waals surface area contributed by atoms with Crippen molar-refractivity contribution in [1.29, 1.82) is 0 Å². The van der Waals surface area contributed by atoms with Crippen LogP contribution in [0.2, 0.25) is 0 Å². The van der Waals surface area contributed by atoms with E-state index in [2.05, 4.69) is 35.0 Å². The van der Waals surface area contributed by atoms with Crippen LogP contribution in [0.15, 0.2) is 47.7 Å². The van der Waals surface area contributed by atoms with Crippen molar-refractivity contribution < 1.29 is 4.79 Å². The molecule has 3 atom stereocenters. The molecule has 0 N–H and O–H groups in total. The first kappa shape index (κ1) is 20.3. The average molecular weight is 444 g/mol. The maximum atomic E-state index is 13.4. The first-order valence-electron chi connectivity index (χ1n) is 11.8. The van der Waals surface area contributed by atoms with Crippen LogP contribution >= 0.6 is 0 Å². The van der Waals surface area contributed by atoms with E-state index in [1.54, 1.807) is 27.6 Å². The molecule has 2 aromatic heterocycles. The molecular formula is C26H29N5O2. The molecule has 0 bridgehead atoms. The van der Waals surface area contributed by atoms with Gasteiger partial charge in [0.15, 0.2) is 0 Å². The Morgan fingerprint density at radius 1 is 1.00 bits per heavy atom. The first-order chi connectivity index (χ1) is 15.9. The van der Waals surface area contributed by atoms with Gasteiger partial charge in [0.25, 0.3) is 11.5 Å². The molecule has 0 unspecified atom stereocenters. The van der Waals surface area contributed by atoms with Gasteiger partial charge in [0.1, 0.15) is 11.4 Å². The second-order valence-corrected chi connectivity index (χ2v) is 10.0. The molecule has 3 aliphatic rings. The smallest absolute Gasteiger partial charge is 0.275 e. The van der Waals surface area contributed by atoms with Gasteiger partial charge in [-0.2, -0.15) is 0 Å². The molecular weight excluding hydrogens is 414 g/mol. The summed E-state index contributed by atoms with van der Waals surface area (Å²) >= 11 is 0.